The quantitative estimate of drug-likeness (QED) is 0.615. The predicted octanol–water partition coefficient (Wildman–Crippen LogP) is 3.71. The Morgan fingerprint density at radius 1 is 1.27 bits per heavy atom. The van der Waals surface area contributed by atoms with Gasteiger partial charge in [0, 0.05) is 19.1 Å². The molecular weight excluding hydrogens is 348 g/mol. The second kappa shape index (κ2) is 8.84. The first kappa shape index (κ1) is 20.7. The van der Waals surface area contributed by atoms with E-state index in [9.17, 15) is 8.42 Å². The Balaban J connectivity index is 2.15. The van der Waals surface area contributed by atoms with E-state index in [4.69, 9.17) is 4.42 Å². The summed E-state index contributed by atoms with van der Waals surface area (Å²) in [6, 6.07) is 4.47. The summed E-state index contributed by atoms with van der Waals surface area (Å²) in [5, 5.41) is 0. The van der Waals surface area contributed by atoms with Crippen molar-refractivity contribution in [3.05, 3.63) is 60.6 Å². The predicted molar refractivity (Wildman–Crippen MR) is 106 cm³/mol. The van der Waals surface area contributed by atoms with Crippen molar-refractivity contribution in [2.45, 2.75) is 51.4 Å². The fourth-order valence-electron chi connectivity index (χ4n) is 3.39. The third-order valence-electron chi connectivity index (χ3n) is 4.78. The Morgan fingerprint density at radius 3 is 2.54 bits per heavy atom. The number of rotatable bonds is 9. The van der Waals surface area contributed by atoms with Crippen molar-refractivity contribution in [2.75, 3.05) is 13.3 Å². The Hall–Kier alpha value is -1.63. The van der Waals surface area contributed by atoms with Crippen LogP contribution in [0.2, 0.25) is 0 Å². The number of hydrogen-bond acceptors (Lipinski definition) is 4. The van der Waals surface area contributed by atoms with E-state index < -0.39 is 10.0 Å². The van der Waals surface area contributed by atoms with Gasteiger partial charge in [-0.1, -0.05) is 23.8 Å². The summed E-state index contributed by atoms with van der Waals surface area (Å²) in [7, 11) is -1.67. The molecule has 0 unspecified atom stereocenters. The Morgan fingerprint density at radius 2 is 1.92 bits per heavy atom. The third kappa shape index (κ3) is 5.43. The van der Waals surface area contributed by atoms with Crippen molar-refractivity contribution in [3.63, 3.8) is 0 Å². The van der Waals surface area contributed by atoms with Gasteiger partial charge >= 0.3 is 0 Å². The molecule has 26 heavy (non-hydrogen) atoms. The molecule has 0 bridgehead atoms. The summed E-state index contributed by atoms with van der Waals surface area (Å²) < 4.78 is 30.3. The first-order valence-electron chi connectivity index (χ1n) is 8.88. The average Bonchev–Trinajstić information content (AvgIpc) is 2.97. The smallest absolute Gasteiger partial charge is 0.211 e. The average molecular weight is 379 g/mol. The van der Waals surface area contributed by atoms with Crippen LogP contribution in [-0.4, -0.2) is 43.0 Å². The molecule has 2 atom stereocenters. The SMILES string of the molecule is C=CC[C@H]1CC(C)=C[C@H](CC=C)N1Cc1ccc(CN(C)S(C)(=O)=O)o1. The molecule has 2 heterocycles. The molecule has 0 spiro atoms. The zero-order valence-electron chi connectivity index (χ0n) is 16.0. The summed E-state index contributed by atoms with van der Waals surface area (Å²) in [5.41, 5.74) is 1.40. The van der Waals surface area contributed by atoms with Crippen molar-refractivity contribution < 1.29 is 12.8 Å². The van der Waals surface area contributed by atoms with E-state index in [-0.39, 0.29) is 6.54 Å². The highest BCUT2D eigenvalue weighted by molar-refractivity contribution is 7.88. The van der Waals surface area contributed by atoms with E-state index in [2.05, 4.69) is 31.1 Å². The summed E-state index contributed by atoms with van der Waals surface area (Å²) in [6.07, 6.45) is 10.2. The van der Waals surface area contributed by atoms with Crippen LogP contribution in [0, 0.1) is 0 Å². The fraction of sp³-hybridized carbons (Fsp3) is 0.500. The molecule has 5 nitrogen and oxygen atoms in total. The first-order valence-corrected chi connectivity index (χ1v) is 10.7. The van der Waals surface area contributed by atoms with Gasteiger partial charge < -0.3 is 4.42 Å². The number of sulfonamides is 1. The summed E-state index contributed by atoms with van der Waals surface area (Å²) >= 11 is 0. The zero-order chi connectivity index (χ0) is 19.3. The van der Waals surface area contributed by atoms with Crippen molar-refractivity contribution in [1.29, 1.82) is 0 Å². The molecule has 0 saturated carbocycles. The minimum atomic E-state index is -3.22. The molecule has 144 valence electrons. The highest BCUT2D eigenvalue weighted by Gasteiger charge is 2.29. The van der Waals surface area contributed by atoms with Crippen LogP contribution in [0.4, 0.5) is 0 Å². The molecule has 2 rings (SSSR count). The van der Waals surface area contributed by atoms with Gasteiger partial charge in [-0.25, -0.2) is 8.42 Å². The molecule has 0 saturated heterocycles. The van der Waals surface area contributed by atoms with Gasteiger partial charge in [-0.2, -0.15) is 4.31 Å². The van der Waals surface area contributed by atoms with Crippen LogP contribution in [-0.2, 0) is 23.1 Å². The number of nitrogens with zero attached hydrogens (tertiary/aromatic N) is 2. The van der Waals surface area contributed by atoms with Crippen molar-refractivity contribution in [1.82, 2.24) is 9.21 Å². The number of hydrogen-bond donors (Lipinski definition) is 0. The molecule has 1 aromatic rings. The van der Waals surface area contributed by atoms with E-state index in [1.54, 1.807) is 7.05 Å². The number of furan rings is 1. The molecule has 0 radical (unpaired) electrons. The van der Waals surface area contributed by atoms with Crippen molar-refractivity contribution in [2.24, 2.45) is 0 Å². The standard InChI is InChI=1S/C20H30N2O3S/c1-6-8-17-12-16(3)13-18(9-7-2)22(17)15-20-11-10-19(25-20)14-21(4)26(5,23)24/h6-7,10-12,17-18H,1-2,8-9,13-15H2,3-5H3/t17-,18-/m0/s1. The van der Waals surface area contributed by atoms with E-state index in [1.165, 1.54) is 16.1 Å². The molecular formula is C20H30N2O3S. The van der Waals surface area contributed by atoms with Crippen LogP contribution < -0.4 is 0 Å². The Bertz CT molecular complexity index is 764. The van der Waals surface area contributed by atoms with Gasteiger partial charge in [0.15, 0.2) is 0 Å². The van der Waals surface area contributed by atoms with E-state index >= 15 is 0 Å². The Labute approximate surface area is 157 Å². The highest BCUT2D eigenvalue weighted by Crippen LogP contribution is 2.29. The summed E-state index contributed by atoms with van der Waals surface area (Å²) in [5.74, 6) is 1.50. The second-order valence-corrected chi connectivity index (χ2v) is 9.14. The molecule has 0 N–H and O–H groups in total. The normalized spacial score (nSPS) is 21.6. The summed E-state index contributed by atoms with van der Waals surface area (Å²) in [4.78, 5) is 2.43. The molecule has 1 aliphatic rings. The molecule has 6 heteroatoms. The second-order valence-electron chi connectivity index (χ2n) is 7.05. The van der Waals surface area contributed by atoms with Gasteiger partial charge in [0.05, 0.1) is 19.3 Å². The lowest BCUT2D eigenvalue weighted by Crippen LogP contribution is -2.44. The van der Waals surface area contributed by atoms with Gasteiger partial charge in [0.1, 0.15) is 11.5 Å². The van der Waals surface area contributed by atoms with Gasteiger partial charge in [0.2, 0.25) is 10.0 Å². The topological polar surface area (TPSA) is 53.8 Å². The molecule has 1 aromatic heterocycles. The largest absolute Gasteiger partial charge is 0.463 e. The van der Waals surface area contributed by atoms with Crippen molar-refractivity contribution in [3.8, 4) is 0 Å². The van der Waals surface area contributed by atoms with Gasteiger partial charge in [-0.05, 0) is 38.3 Å². The van der Waals surface area contributed by atoms with Crippen LogP contribution in [0.3, 0.4) is 0 Å². The minimum Gasteiger partial charge on any atom is -0.463 e. The molecule has 1 aliphatic heterocycles. The van der Waals surface area contributed by atoms with E-state index in [1.807, 2.05) is 24.3 Å². The highest BCUT2D eigenvalue weighted by atomic mass is 32.2. The molecule has 0 fully saturated rings. The van der Waals surface area contributed by atoms with Gasteiger partial charge in [-0.15, -0.1) is 13.2 Å². The van der Waals surface area contributed by atoms with Gasteiger partial charge in [-0.3, -0.25) is 4.90 Å². The third-order valence-corrected chi connectivity index (χ3v) is 6.04. The lowest BCUT2D eigenvalue weighted by molar-refractivity contribution is 0.126. The van der Waals surface area contributed by atoms with Crippen LogP contribution in [0.15, 0.2) is 53.5 Å². The van der Waals surface area contributed by atoms with Gasteiger partial charge in [0.25, 0.3) is 0 Å². The lowest BCUT2D eigenvalue weighted by Gasteiger charge is -2.40. The van der Waals surface area contributed by atoms with E-state index in [0.29, 0.717) is 24.4 Å². The monoisotopic (exact) mass is 378 g/mol. The minimum absolute atomic E-state index is 0.240. The molecule has 0 aliphatic carbocycles. The Kier molecular flexibility index (Phi) is 7.03. The van der Waals surface area contributed by atoms with Crippen molar-refractivity contribution >= 4 is 10.0 Å². The van der Waals surface area contributed by atoms with E-state index in [0.717, 1.165) is 25.0 Å². The lowest BCUT2D eigenvalue weighted by atomic mass is 9.92. The first-order chi connectivity index (χ1) is 12.2. The molecule has 0 amide bonds. The van der Waals surface area contributed by atoms with Crippen LogP contribution in [0.1, 0.15) is 37.7 Å². The van der Waals surface area contributed by atoms with Crippen LogP contribution in [0.5, 0.6) is 0 Å². The molecule has 0 aromatic carbocycles. The van der Waals surface area contributed by atoms with Crippen LogP contribution >= 0.6 is 0 Å². The van der Waals surface area contributed by atoms with Crippen LogP contribution in [0.25, 0.3) is 0 Å². The maximum absolute atomic E-state index is 11.6. The zero-order valence-corrected chi connectivity index (χ0v) is 16.8. The fourth-order valence-corrected chi connectivity index (χ4v) is 3.75. The summed E-state index contributed by atoms with van der Waals surface area (Å²) in [6.45, 7) is 10.9. The maximum atomic E-state index is 11.6. The maximum Gasteiger partial charge on any atom is 0.211 e.